The molecule has 0 saturated carbocycles. The summed E-state index contributed by atoms with van der Waals surface area (Å²) in [4.78, 5) is 8.84. The molecule has 0 fully saturated rings. The van der Waals surface area contributed by atoms with Gasteiger partial charge in [-0.25, -0.2) is 9.97 Å². The monoisotopic (exact) mass is 325 g/mol. The van der Waals surface area contributed by atoms with Gasteiger partial charge in [0, 0.05) is 19.2 Å². The van der Waals surface area contributed by atoms with Crippen LogP contribution < -0.4 is 5.32 Å². The summed E-state index contributed by atoms with van der Waals surface area (Å²) in [6.45, 7) is 2.19. The van der Waals surface area contributed by atoms with E-state index in [9.17, 15) is 5.11 Å². The molecule has 0 aliphatic heterocycles. The Morgan fingerprint density at radius 3 is 2.74 bits per heavy atom. The van der Waals surface area contributed by atoms with Gasteiger partial charge in [0.15, 0.2) is 0 Å². The van der Waals surface area contributed by atoms with E-state index in [1.165, 1.54) is 5.56 Å². The Balaban J connectivity index is 1.66. The number of rotatable bonds is 6. The first-order valence-electron chi connectivity index (χ1n) is 7.48. The fourth-order valence-corrected chi connectivity index (χ4v) is 3.08. The molecule has 5 heteroatoms. The maximum absolute atomic E-state index is 10.5. The van der Waals surface area contributed by atoms with Crippen molar-refractivity contribution in [2.75, 3.05) is 11.9 Å². The summed E-state index contributed by atoms with van der Waals surface area (Å²) in [6, 6.07) is 13.9. The second kappa shape index (κ2) is 6.89. The van der Waals surface area contributed by atoms with Crippen LogP contribution in [0.1, 0.15) is 23.9 Å². The molecule has 3 aromatic rings. The molecule has 2 N–H and O–H groups in total. The Morgan fingerprint density at radius 1 is 1.17 bits per heavy atom. The lowest BCUT2D eigenvalue weighted by molar-refractivity contribution is 0.0719. The average molecular weight is 325 g/mol. The van der Waals surface area contributed by atoms with Crippen LogP contribution >= 0.6 is 11.3 Å². The van der Waals surface area contributed by atoms with Crippen LogP contribution in [0.2, 0.25) is 0 Å². The smallest absolute Gasteiger partial charge is 0.135 e. The molecule has 0 radical (unpaired) electrons. The third-order valence-corrected chi connectivity index (χ3v) is 4.35. The second-order valence-electron chi connectivity index (χ2n) is 5.66. The van der Waals surface area contributed by atoms with Crippen LogP contribution in [0, 0.1) is 0 Å². The van der Waals surface area contributed by atoms with E-state index in [4.69, 9.17) is 0 Å². The van der Waals surface area contributed by atoms with E-state index in [1.54, 1.807) is 24.5 Å². The summed E-state index contributed by atoms with van der Waals surface area (Å²) in [5.41, 5.74) is 1.16. The highest BCUT2D eigenvalue weighted by Crippen LogP contribution is 2.23. The van der Waals surface area contributed by atoms with E-state index >= 15 is 0 Å². The van der Waals surface area contributed by atoms with Crippen molar-refractivity contribution in [2.24, 2.45) is 0 Å². The highest BCUT2D eigenvalue weighted by Gasteiger charge is 2.23. The van der Waals surface area contributed by atoms with E-state index in [0.29, 0.717) is 13.0 Å². The summed E-state index contributed by atoms with van der Waals surface area (Å²) in [7, 11) is 0. The zero-order chi connectivity index (χ0) is 16.1. The molecule has 0 bridgehead atoms. The average Bonchev–Trinajstić information content (AvgIpc) is 3.10. The molecule has 23 heavy (non-hydrogen) atoms. The lowest BCUT2D eigenvalue weighted by Gasteiger charge is -2.23. The van der Waals surface area contributed by atoms with Gasteiger partial charge in [-0.05, 0) is 40.9 Å². The zero-order valence-electron chi connectivity index (χ0n) is 12.9. The van der Waals surface area contributed by atoms with Crippen molar-refractivity contribution in [3.8, 4) is 0 Å². The minimum Gasteiger partial charge on any atom is -0.384 e. The van der Waals surface area contributed by atoms with E-state index in [0.717, 1.165) is 17.2 Å². The van der Waals surface area contributed by atoms with Gasteiger partial charge in [-0.1, -0.05) is 30.3 Å². The van der Waals surface area contributed by atoms with Gasteiger partial charge in [-0.2, -0.15) is 11.3 Å². The molecule has 118 valence electrons. The van der Waals surface area contributed by atoms with E-state index < -0.39 is 5.60 Å². The summed E-state index contributed by atoms with van der Waals surface area (Å²) >= 11 is 1.58. The molecular formula is C18H19N3OS. The lowest BCUT2D eigenvalue weighted by Crippen LogP contribution is -2.30. The fraction of sp³-hybridized carbons (Fsp3) is 0.222. The Kier molecular flexibility index (Phi) is 4.69. The van der Waals surface area contributed by atoms with Gasteiger partial charge in [-0.15, -0.1) is 0 Å². The van der Waals surface area contributed by atoms with Crippen molar-refractivity contribution in [3.05, 3.63) is 76.4 Å². The lowest BCUT2D eigenvalue weighted by atomic mass is 9.99. The third kappa shape index (κ3) is 4.15. The van der Waals surface area contributed by atoms with Crippen LogP contribution in [0.15, 0.2) is 59.4 Å². The highest BCUT2D eigenvalue weighted by molar-refractivity contribution is 7.08. The molecular weight excluding hydrogens is 306 g/mol. The van der Waals surface area contributed by atoms with Crippen LogP contribution in [0.3, 0.4) is 0 Å². The fourth-order valence-electron chi connectivity index (χ4n) is 2.30. The molecule has 2 aromatic heterocycles. The molecule has 4 nitrogen and oxygen atoms in total. The van der Waals surface area contributed by atoms with Crippen LogP contribution in [-0.4, -0.2) is 21.6 Å². The SMILES string of the molecule is CC(O)(CNc1ccnc(Cc2ccccc2)n1)c1ccsc1. The Labute approximate surface area is 139 Å². The summed E-state index contributed by atoms with van der Waals surface area (Å²) in [6.07, 6.45) is 2.43. The van der Waals surface area contributed by atoms with Gasteiger partial charge in [-0.3, -0.25) is 0 Å². The van der Waals surface area contributed by atoms with Crippen molar-refractivity contribution in [3.63, 3.8) is 0 Å². The Hall–Kier alpha value is -2.24. The first kappa shape index (κ1) is 15.6. The normalized spacial score (nSPS) is 13.5. The van der Waals surface area contributed by atoms with Crippen molar-refractivity contribution in [2.45, 2.75) is 18.9 Å². The van der Waals surface area contributed by atoms with Crippen LogP contribution in [0.4, 0.5) is 5.82 Å². The van der Waals surface area contributed by atoms with Crippen molar-refractivity contribution >= 4 is 17.2 Å². The number of nitrogens with zero attached hydrogens (tertiary/aromatic N) is 2. The molecule has 0 saturated heterocycles. The molecule has 1 unspecified atom stereocenters. The van der Waals surface area contributed by atoms with Gasteiger partial charge in [0.2, 0.25) is 0 Å². The second-order valence-corrected chi connectivity index (χ2v) is 6.44. The number of hydrogen-bond donors (Lipinski definition) is 2. The molecule has 0 aliphatic rings. The first-order chi connectivity index (χ1) is 11.1. The van der Waals surface area contributed by atoms with Crippen molar-refractivity contribution in [1.29, 1.82) is 0 Å². The molecule has 1 aromatic carbocycles. The first-order valence-corrected chi connectivity index (χ1v) is 8.42. The standard InChI is InChI=1S/C18H19N3OS/c1-18(22,15-8-10-23-12-15)13-20-16-7-9-19-17(21-16)11-14-5-3-2-4-6-14/h2-10,12,22H,11,13H2,1H3,(H,19,20,21). The van der Waals surface area contributed by atoms with Crippen LogP contribution in [0.25, 0.3) is 0 Å². The van der Waals surface area contributed by atoms with Gasteiger partial charge >= 0.3 is 0 Å². The summed E-state index contributed by atoms with van der Waals surface area (Å²) in [5, 5.41) is 17.7. The van der Waals surface area contributed by atoms with E-state index in [2.05, 4.69) is 27.4 Å². The number of thiophene rings is 1. The summed E-state index contributed by atoms with van der Waals surface area (Å²) < 4.78 is 0. The van der Waals surface area contributed by atoms with Crippen molar-refractivity contribution < 1.29 is 5.11 Å². The topological polar surface area (TPSA) is 58.0 Å². The predicted molar refractivity (Wildman–Crippen MR) is 93.7 cm³/mol. The van der Waals surface area contributed by atoms with Gasteiger partial charge < -0.3 is 10.4 Å². The van der Waals surface area contributed by atoms with Crippen molar-refractivity contribution in [1.82, 2.24) is 9.97 Å². The van der Waals surface area contributed by atoms with Gasteiger partial charge in [0.1, 0.15) is 17.2 Å². The minimum absolute atomic E-state index is 0.394. The van der Waals surface area contributed by atoms with Crippen LogP contribution in [0.5, 0.6) is 0 Å². The molecule has 1 atom stereocenters. The van der Waals surface area contributed by atoms with Crippen LogP contribution in [-0.2, 0) is 12.0 Å². The highest BCUT2D eigenvalue weighted by atomic mass is 32.1. The maximum Gasteiger partial charge on any atom is 0.135 e. The maximum atomic E-state index is 10.5. The molecule has 0 aliphatic carbocycles. The van der Waals surface area contributed by atoms with E-state index in [-0.39, 0.29) is 0 Å². The number of benzene rings is 1. The quantitative estimate of drug-likeness (QED) is 0.729. The number of aromatic nitrogens is 2. The number of aliphatic hydroxyl groups is 1. The van der Waals surface area contributed by atoms with Gasteiger partial charge in [0.25, 0.3) is 0 Å². The minimum atomic E-state index is -0.926. The zero-order valence-corrected chi connectivity index (χ0v) is 13.8. The molecule has 0 amide bonds. The molecule has 2 heterocycles. The number of hydrogen-bond acceptors (Lipinski definition) is 5. The molecule has 3 rings (SSSR count). The number of nitrogens with one attached hydrogen (secondary N) is 1. The predicted octanol–water partition coefficient (Wildman–Crippen LogP) is 3.45. The number of anilines is 1. The largest absolute Gasteiger partial charge is 0.384 e. The third-order valence-electron chi connectivity index (χ3n) is 3.67. The summed E-state index contributed by atoms with van der Waals surface area (Å²) in [5.74, 6) is 1.48. The Bertz CT molecular complexity index is 742. The Morgan fingerprint density at radius 2 is 2.00 bits per heavy atom. The van der Waals surface area contributed by atoms with Gasteiger partial charge in [0.05, 0.1) is 0 Å². The molecule has 0 spiro atoms. The van der Waals surface area contributed by atoms with E-state index in [1.807, 2.05) is 41.1 Å².